The molecule has 1 fully saturated rings. The average molecular weight is 290 g/mol. The predicted octanol–water partition coefficient (Wildman–Crippen LogP) is 2.12. The molecule has 0 spiro atoms. The second-order valence-electron chi connectivity index (χ2n) is 5.06. The van der Waals surface area contributed by atoms with Gasteiger partial charge in [0.05, 0.1) is 23.5 Å². The Balaban J connectivity index is 1.71. The zero-order chi connectivity index (χ0) is 13.9. The molecule has 2 aromatic rings. The highest BCUT2D eigenvalue weighted by molar-refractivity contribution is 7.07. The van der Waals surface area contributed by atoms with Crippen LogP contribution in [-0.4, -0.2) is 39.5 Å². The summed E-state index contributed by atoms with van der Waals surface area (Å²) < 4.78 is 5.87. The largest absolute Gasteiger partial charge is 0.369 e. The fourth-order valence-corrected chi connectivity index (χ4v) is 3.03. The molecular weight excluding hydrogens is 272 g/mol. The molecule has 3 rings (SSSR count). The van der Waals surface area contributed by atoms with Crippen LogP contribution in [-0.2, 0) is 11.3 Å². The van der Waals surface area contributed by atoms with E-state index in [1.165, 1.54) is 0 Å². The Morgan fingerprint density at radius 1 is 1.40 bits per heavy atom. The maximum atomic E-state index is 5.87. The number of morpholine rings is 1. The van der Waals surface area contributed by atoms with Gasteiger partial charge in [-0.25, -0.2) is 15.0 Å². The van der Waals surface area contributed by atoms with Crippen molar-refractivity contribution < 1.29 is 4.74 Å². The lowest BCUT2D eigenvalue weighted by Gasteiger charge is -2.32. The minimum absolute atomic E-state index is 0.0304. The summed E-state index contributed by atoms with van der Waals surface area (Å²) in [6, 6.07) is 2.02. The smallest absolute Gasteiger partial charge is 0.125 e. The van der Waals surface area contributed by atoms with E-state index in [4.69, 9.17) is 4.74 Å². The highest BCUT2D eigenvalue weighted by atomic mass is 32.1. The number of hydrogen-bond acceptors (Lipinski definition) is 6. The van der Waals surface area contributed by atoms with Crippen LogP contribution in [0.3, 0.4) is 0 Å². The second kappa shape index (κ2) is 5.95. The molecule has 2 aromatic heterocycles. The molecule has 20 heavy (non-hydrogen) atoms. The van der Waals surface area contributed by atoms with Crippen LogP contribution in [0, 0.1) is 13.8 Å². The predicted molar refractivity (Wildman–Crippen MR) is 77.6 cm³/mol. The molecule has 0 saturated carbocycles. The Morgan fingerprint density at radius 2 is 2.30 bits per heavy atom. The molecule has 0 radical (unpaired) electrons. The maximum Gasteiger partial charge on any atom is 0.125 e. The first-order chi connectivity index (χ1) is 9.70. The van der Waals surface area contributed by atoms with Crippen molar-refractivity contribution in [3.8, 4) is 0 Å². The molecule has 0 bridgehead atoms. The van der Waals surface area contributed by atoms with Gasteiger partial charge in [-0.2, -0.15) is 0 Å². The Bertz CT molecular complexity index is 552. The Kier molecular flexibility index (Phi) is 4.05. The van der Waals surface area contributed by atoms with Crippen molar-refractivity contribution in [2.45, 2.75) is 26.5 Å². The summed E-state index contributed by atoms with van der Waals surface area (Å²) in [4.78, 5) is 15.6. The second-order valence-corrected chi connectivity index (χ2v) is 5.77. The van der Waals surface area contributed by atoms with Crippen LogP contribution in [0.15, 0.2) is 17.0 Å². The van der Waals surface area contributed by atoms with Gasteiger partial charge in [-0.05, 0) is 19.9 Å². The maximum absolute atomic E-state index is 5.87. The molecule has 0 N–H and O–H groups in total. The van der Waals surface area contributed by atoms with Crippen molar-refractivity contribution in [1.82, 2.24) is 19.9 Å². The molecule has 6 heteroatoms. The van der Waals surface area contributed by atoms with Crippen molar-refractivity contribution in [2.24, 2.45) is 0 Å². The first-order valence-corrected chi connectivity index (χ1v) is 7.68. The molecule has 1 unspecified atom stereocenters. The minimum atomic E-state index is 0.0304. The Labute approximate surface area is 122 Å². The minimum Gasteiger partial charge on any atom is -0.369 e. The van der Waals surface area contributed by atoms with E-state index in [0.29, 0.717) is 0 Å². The van der Waals surface area contributed by atoms with E-state index >= 15 is 0 Å². The van der Waals surface area contributed by atoms with Gasteiger partial charge < -0.3 is 4.74 Å². The number of hydrogen-bond donors (Lipinski definition) is 0. The molecule has 0 amide bonds. The van der Waals surface area contributed by atoms with Gasteiger partial charge in [0.25, 0.3) is 0 Å². The molecule has 0 aliphatic carbocycles. The van der Waals surface area contributed by atoms with Crippen LogP contribution in [0.25, 0.3) is 0 Å². The zero-order valence-corrected chi connectivity index (χ0v) is 12.6. The van der Waals surface area contributed by atoms with Gasteiger partial charge in [0.15, 0.2) is 0 Å². The van der Waals surface area contributed by atoms with Gasteiger partial charge in [0, 0.05) is 30.7 Å². The van der Waals surface area contributed by atoms with Gasteiger partial charge in [-0.3, -0.25) is 4.90 Å². The van der Waals surface area contributed by atoms with E-state index in [2.05, 4.69) is 25.2 Å². The van der Waals surface area contributed by atoms with Crippen molar-refractivity contribution in [1.29, 1.82) is 0 Å². The standard InChI is InChI=1S/C14H18N4OS/c1-10-5-13(17-11(2)16-10)14-7-18(3-4-19-14)6-12-8-20-9-15-12/h5,8-9,14H,3-4,6-7H2,1-2H3. The number of thiazole rings is 1. The molecule has 3 heterocycles. The van der Waals surface area contributed by atoms with Gasteiger partial charge in [-0.1, -0.05) is 0 Å². The van der Waals surface area contributed by atoms with Crippen LogP contribution in [0.1, 0.15) is 29.0 Å². The van der Waals surface area contributed by atoms with E-state index in [1.54, 1.807) is 11.3 Å². The van der Waals surface area contributed by atoms with Crippen LogP contribution in [0.4, 0.5) is 0 Å². The third kappa shape index (κ3) is 3.20. The normalized spacial score (nSPS) is 20.2. The lowest BCUT2D eigenvalue weighted by molar-refractivity contribution is -0.0354. The first kappa shape index (κ1) is 13.6. The average Bonchev–Trinajstić information content (AvgIpc) is 2.91. The first-order valence-electron chi connectivity index (χ1n) is 6.74. The third-order valence-electron chi connectivity index (χ3n) is 3.34. The number of ether oxygens (including phenoxy) is 1. The van der Waals surface area contributed by atoms with Gasteiger partial charge in [0.1, 0.15) is 11.9 Å². The molecule has 5 nitrogen and oxygen atoms in total. The molecule has 1 saturated heterocycles. The summed E-state index contributed by atoms with van der Waals surface area (Å²) in [6.45, 7) is 7.33. The van der Waals surface area contributed by atoms with Crippen molar-refractivity contribution in [3.63, 3.8) is 0 Å². The SMILES string of the molecule is Cc1cc(C2CN(Cc3cscn3)CCO2)nc(C)n1. The van der Waals surface area contributed by atoms with Crippen molar-refractivity contribution in [3.05, 3.63) is 39.9 Å². The summed E-state index contributed by atoms with van der Waals surface area (Å²) >= 11 is 1.64. The summed E-state index contributed by atoms with van der Waals surface area (Å²) in [7, 11) is 0. The highest BCUT2D eigenvalue weighted by Crippen LogP contribution is 2.22. The van der Waals surface area contributed by atoms with Gasteiger partial charge >= 0.3 is 0 Å². The van der Waals surface area contributed by atoms with Gasteiger partial charge in [-0.15, -0.1) is 11.3 Å². The zero-order valence-electron chi connectivity index (χ0n) is 11.7. The van der Waals surface area contributed by atoms with Gasteiger partial charge in [0.2, 0.25) is 0 Å². The molecule has 0 aromatic carbocycles. The van der Waals surface area contributed by atoms with Crippen LogP contribution in [0.2, 0.25) is 0 Å². The Hall–Kier alpha value is -1.37. The quantitative estimate of drug-likeness (QED) is 0.866. The fraction of sp³-hybridized carbons (Fsp3) is 0.500. The molecule has 1 aliphatic heterocycles. The summed E-state index contributed by atoms with van der Waals surface area (Å²) in [5, 5.41) is 2.10. The van der Waals surface area contributed by atoms with E-state index in [9.17, 15) is 0 Å². The highest BCUT2D eigenvalue weighted by Gasteiger charge is 2.24. The number of rotatable bonds is 3. The topological polar surface area (TPSA) is 51.1 Å². The van der Waals surface area contributed by atoms with E-state index in [1.807, 2.05) is 25.4 Å². The molecule has 1 aliphatic rings. The Morgan fingerprint density at radius 3 is 3.05 bits per heavy atom. The van der Waals surface area contributed by atoms with Crippen LogP contribution >= 0.6 is 11.3 Å². The number of aryl methyl sites for hydroxylation is 2. The van der Waals surface area contributed by atoms with E-state index < -0.39 is 0 Å². The fourth-order valence-electron chi connectivity index (χ4n) is 2.48. The number of nitrogens with zero attached hydrogens (tertiary/aromatic N) is 4. The molecule has 106 valence electrons. The van der Waals surface area contributed by atoms with Crippen LogP contribution < -0.4 is 0 Å². The van der Waals surface area contributed by atoms with E-state index in [-0.39, 0.29) is 6.10 Å². The number of aromatic nitrogens is 3. The molecule has 1 atom stereocenters. The van der Waals surface area contributed by atoms with Crippen LogP contribution in [0.5, 0.6) is 0 Å². The van der Waals surface area contributed by atoms with Crippen molar-refractivity contribution in [2.75, 3.05) is 19.7 Å². The van der Waals surface area contributed by atoms with E-state index in [0.717, 1.165) is 49.1 Å². The monoisotopic (exact) mass is 290 g/mol. The summed E-state index contributed by atoms with van der Waals surface area (Å²) in [5.74, 6) is 0.806. The lowest BCUT2D eigenvalue weighted by Crippen LogP contribution is -2.38. The third-order valence-corrected chi connectivity index (χ3v) is 3.97. The lowest BCUT2D eigenvalue weighted by atomic mass is 10.1. The summed E-state index contributed by atoms with van der Waals surface area (Å²) in [5.41, 5.74) is 4.99. The summed E-state index contributed by atoms with van der Waals surface area (Å²) in [6.07, 6.45) is 0.0304. The molecular formula is C14H18N4OS. The van der Waals surface area contributed by atoms with Crippen molar-refractivity contribution >= 4 is 11.3 Å².